The number of carbonyl (C=O) groups excluding carboxylic acids is 1. The van der Waals surface area contributed by atoms with Crippen LogP contribution >= 0.6 is 0 Å². The molecular weight excluding hydrogens is 316 g/mol. The van der Waals surface area contributed by atoms with Crippen LogP contribution in [0.5, 0.6) is 5.75 Å². The maximum atomic E-state index is 12.4. The summed E-state index contributed by atoms with van der Waals surface area (Å²) in [6.07, 6.45) is 1.96. The van der Waals surface area contributed by atoms with Gasteiger partial charge in [0.15, 0.2) is 0 Å². The molecule has 5 nitrogen and oxygen atoms in total. The second-order valence-electron chi connectivity index (χ2n) is 6.79. The van der Waals surface area contributed by atoms with E-state index in [1.54, 1.807) is 29.1 Å². The number of rotatable bonds is 3. The number of alkyl halides is 2. The van der Waals surface area contributed by atoms with Crippen LogP contribution in [-0.4, -0.2) is 22.3 Å². The first kappa shape index (κ1) is 16.4. The van der Waals surface area contributed by atoms with Gasteiger partial charge in [-0.3, -0.25) is 4.79 Å². The van der Waals surface area contributed by atoms with Gasteiger partial charge in [-0.05, 0) is 38.5 Å². The van der Waals surface area contributed by atoms with Crippen LogP contribution in [0.25, 0.3) is 0 Å². The van der Waals surface area contributed by atoms with Crippen molar-refractivity contribution in [3.63, 3.8) is 0 Å². The van der Waals surface area contributed by atoms with Gasteiger partial charge in [-0.15, -0.1) is 0 Å². The van der Waals surface area contributed by atoms with E-state index in [2.05, 4.69) is 15.2 Å². The van der Waals surface area contributed by atoms with Gasteiger partial charge in [0.25, 0.3) is 0 Å². The molecule has 128 valence electrons. The number of carbonyl (C=O) groups is 1. The molecule has 0 aliphatic carbocycles. The fourth-order valence-electron chi connectivity index (χ4n) is 2.93. The van der Waals surface area contributed by atoms with E-state index in [4.69, 9.17) is 0 Å². The summed E-state index contributed by atoms with van der Waals surface area (Å²) in [6, 6.07) is 6.47. The first-order valence-electron chi connectivity index (χ1n) is 7.68. The van der Waals surface area contributed by atoms with E-state index in [0.29, 0.717) is 5.82 Å². The Morgan fingerprint density at radius 3 is 2.79 bits per heavy atom. The lowest BCUT2D eigenvalue weighted by Crippen LogP contribution is -2.30. The SMILES string of the molecule is CC(C)(C)n1ncc2c1NC(=O)C[C@@H]2c1cccc(OC(F)F)c1. The zero-order valence-electron chi connectivity index (χ0n) is 13.7. The number of fused-ring (bicyclic) bond motifs is 1. The van der Waals surface area contributed by atoms with Gasteiger partial charge >= 0.3 is 6.61 Å². The second-order valence-corrected chi connectivity index (χ2v) is 6.79. The molecule has 0 bridgehead atoms. The minimum atomic E-state index is -2.88. The molecule has 7 heteroatoms. The van der Waals surface area contributed by atoms with Crippen molar-refractivity contribution in [1.82, 2.24) is 9.78 Å². The molecule has 24 heavy (non-hydrogen) atoms. The van der Waals surface area contributed by atoms with Crippen LogP contribution in [0.15, 0.2) is 30.5 Å². The highest BCUT2D eigenvalue weighted by molar-refractivity contribution is 5.94. The lowest BCUT2D eigenvalue weighted by Gasteiger charge is -2.28. The van der Waals surface area contributed by atoms with Gasteiger partial charge < -0.3 is 10.1 Å². The minimum Gasteiger partial charge on any atom is -0.435 e. The predicted octanol–water partition coefficient (Wildman–Crippen LogP) is 3.71. The number of ether oxygens (including phenoxy) is 1. The van der Waals surface area contributed by atoms with Crippen molar-refractivity contribution in [3.05, 3.63) is 41.6 Å². The zero-order chi connectivity index (χ0) is 17.5. The zero-order valence-corrected chi connectivity index (χ0v) is 13.7. The highest BCUT2D eigenvalue weighted by Crippen LogP contribution is 2.39. The standard InChI is InChI=1S/C17H19F2N3O2/c1-17(2,3)22-15-13(9-20-22)12(8-14(23)21-15)10-5-4-6-11(7-10)24-16(18)19/h4-7,9,12,16H,8H2,1-3H3,(H,21,23)/t12-/m1/s1. The number of anilines is 1. The summed E-state index contributed by atoms with van der Waals surface area (Å²) in [7, 11) is 0. The average molecular weight is 335 g/mol. The van der Waals surface area contributed by atoms with Gasteiger partial charge in [0.2, 0.25) is 5.91 Å². The molecule has 3 rings (SSSR count). The molecule has 0 spiro atoms. The first-order valence-corrected chi connectivity index (χ1v) is 7.68. The first-order chi connectivity index (χ1) is 11.3. The van der Waals surface area contributed by atoms with Crippen LogP contribution in [0.1, 0.15) is 44.2 Å². The van der Waals surface area contributed by atoms with Crippen LogP contribution in [-0.2, 0) is 10.3 Å². The molecule has 0 saturated carbocycles. The van der Waals surface area contributed by atoms with Crippen molar-refractivity contribution < 1.29 is 18.3 Å². The van der Waals surface area contributed by atoms with Crippen molar-refractivity contribution >= 4 is 11.7 Å². The third-order valence-electron chi connectivity index (χ3n) is 3.94. The summed E-state index contributed by atoms with van der Waals surface area (Å²) in [5, 5.41) is 7.27. The van der Waals surface area contributed by atoms with Gasteiger partial charge in [0.05, 0.1) is 11.7 Å². The van der Waals surface area contributed by atoms with Gasteiger partial charge in [0.1, 0.15) is 11.6 Å². The Balaban J connectivity index is 2.02. The molecule has 2 heterocycles. The summed E-state index contributed by atoms with van der Waals surface area (Å²) in [4.78, 5) is 12.1. The van der Waals surface area contributed by atoms with E-state index in [0.717, 1.165) is 11.1 Å². The van der Waals surface area contributed by atoms with Gasteiger partial charge in [-0.1, -0.05) is 12.1 Å². The molecule has 0 unspecified atom stereocenters. The molecular formula is C17H19F2N3O2. The highest BCUT2D eigenvalue weighted by atomic mass is 19.3. The summed E-state index contributed by atoms with van der Waals surface area (Å²) < 4.78 is 31.1. The average Bonchev–Trinajstić information content (AvgIpc) is 2.89. The quantitative estimate of drug-likeness (QED) is 0.930. The summed E-state index contributed by atoms with van der Waals surface area (Å²) in [5.41, 5.74) is 1.33. The maximum Gasteiger partial charge on any atom is 0.387 e. The van der Waals surface area contributed by atoms with Crippen LogP contribution in [0.2, 0.25) is 0 Å². The fraction of sp³-hybridized carbons (Fsp3) is 0.412. The normalized spacial score (nSPS) is 17.6. The van der Waals surface area contributed by atoms with Crippen molar-refractivity contribution in [3.8, 4) is 5.75 Å². The number of nitrogens with zero attached hydrogens (tertiary/aromatic N) is 2. The molecule has 0 saturated heterocycles. The number of hydrogen-bond acceptors (Lipinski definition) is 3. The van der Waals surface area contributed by atoms with Gasteiger partial charge in [-0.25, -0.2) is 4.68 Å². The van der Waals surface area contributed by atoms with Crippen LogP contribution in [0.3, 0.4) is 0 Å². The van der Waals surface area contributed by atoms with Crippen LogP contribution in [0, 0.1) is 0 Å². The molecule has 1 aliphatic heterocycles. The third-order valence-corrected chi connectivity index (χ3v) is 3.94. The third kappa shape index (κ3) is 3.11. The summed E-state index contributed by atoms with van der Waals surface area (Å²) >= 11 is 0. The Bertz CT molecular complexity index is 765. The van der Waals surface area contributed by atoms with E-state index in [9.17, 15) is 13.6 Å². The fourth-order valence-corrected chi connectivity index (χ4v) is 2.93. The van der Waals surface area contributed by atoms with Crippen molar-refractivity contribution in [1.29, 1.82) is 0 Å². The van der Waals surface area contributed by atoms with Crippen LogP contribution in [0.4, 0.5) is 14.6 Å². The maximum absolute atomic E-state index is 12.4. The number of aromatic nitrogens is 2. The van der Waals surface area contributed by atoms with E-state index in [-0.39, 0.29) is 29.5 Å². The number of hydrogen-bond donors (Lipinski definition) is 1. The van der Waals surface area contributed by atoms with E-state index in [1.807, 2.05) is 20.8 Å². The highest BCUT2D eigenvalue weighted by Gasteiger charge is 2.32. The Morgan fingerprint density at radius 1 is 1.38 bits per heavy atom. The molecule has 0 radical (unpaired) electrons. The van der Waals surface area contributed by atoms with E-state index < -0.39 is 6.61 Å². The molecule has 1 N–H and O–H groups in total. The minimum absolute atomic E-state index is 0.0817. The Kier molecular flexibility index (Phi) is 4.03. The lowest BCUT2D eigenvalue weighted by atomic mass is 9.87. The Morgan fingerprint density at radius 2 is 2.12 bits per heavy atom. The molecule has 2 aromatic rings. The lowest BCUT2D eigenvalue weighted by molar-refractivity contribution is -0.116. The van der Waals surface area contributed by atoms with Gasteiger partial charge in [0, 0.05) is 17.9 Å². The Labute approximate surface area is 138 Å². The smallest absolute Gasteiger partial charge is 0.387 e. The number of nitrogens with one attached hydrogen (secondary N) is 1. The van der Waals surface area contributed by atoms with Crippen molar-refractivity contribution in [2.45, 2.75) is 45.3 Å². The number of halogens is 2. The topological polar surface area (TPSA) is 56.2 Å². The molecule has 1 aromatic carbocycles. The van der Waals surface area contributed by atoms with Crippen LogP contribution < -0.4 is 10.1 Å². The molecule has 1 amide bonds. The summed E-state index contributed by atoms with van der Waals surface area (Å²) in [6.45, 7) is 3.10. The molecule has 0 fully saturated rings. The largest absolute Gasteiger partial charge is 0.435 e. The monoisotopic (exact) mass is 335 g/mol. The molecule has 1 aliphatic rings. The predicted molar refractivity (Wildman–Crippen MR) is 85.4 cm³/mol. The van der Waals surface area contributed by atoms with E-state index >= 15 is 0 Å². The number of benzene rings is 1. The second kappa shape index (κ2) is 5.89. The van der Waals surface area contributed by atoms with E-state index in [1.165, 1.54) is 6.07 Å². The van der Waals surface area contributed by atoms with Gasteiger partial charge in [-0.2, -0.15) is 13.9 Å². The Hall–Kier alpha value is -2.44. The molecule has 1 aromatic heterocycles. The van der Waals surface area contributed by atoms with Crippen molar-refractivity contribution in [2.75, 3.05) is 5.32 Å². The van der Waals surface area contributed by atoms with Crippen molar-refractivity contribution in [2.24, 2.45) is 0 Å². The molecule has 1 atom stereocenters. The number of amides is 1. The summed E-state index contributed by atoms with van der Waals surface area (Å²) in [5.74, 6) is 0.368.